The maximum atomic E-state index is 12.9. The molecule has 0 saturated carbocycles. The number of para-hydroxylation sites is 1. The molecule has 0 radical (unpaired) electrons. The highest BCUT2D eigenvalue weighted by Crippen LogP contribution is 2.31. The highest BCUT2D eigenvalue weighted by atomic mass is 19.4. The van der Waals surface area contributed by atoms with Crippen LogP contribution in [-0.4, -0.2) is 27.2 Å². The van der Waals surface area contributed by atoms with Crippen molar-refractivity contribution < 1.29 is 27.8 Å². The molecule has 0 aliphatic carbocycles. The van der Waals surface area contributed by atoms with Crippen LogP contribution in [-0.2, 0) is 17.5 Å². The summed E-state index contributed by atoms with van der Waals surface area (Å²) in [5.74, 6) is 0.218. The predicted molar refractivity (Wildman–Crippen MR) is 119 cm³/mol. The van der Waals surface area contributed by atoms with Crippen LogP contribution in [0.15, 0.2) is 54.7 Å². The number of rotatable bonds is 10. The number of ether oxygens (including phenoxy) is 1. The summed E-state index contributed by atoms with van der Waals surface area (Å²) in [6.07, 6.45) is -1.53. The van der Waals surface area contributed by atoms with Gasteiger partial charge >= 0.3 is 12.1 Å². The van der Waals surface area contributed by atoms with Crippen molar-refractivity contribution in [1.29, 1.82) is 5.26 Å². The Kier molecular flexibility index (Phi) is 7.95. The Balaban J connectivity index is 1.77. The fourth-order valence-corrected chi connectivity index (χ4v) is 3.62. The molecular weight excluding hydrogens is 447 g/mol. The lowest BCUT2D eigenvalue weighted by molar-refractivity contribution is -0.138. The monoisotopic (exact) mass is 471 g/mol. The molecule has 0 unspecified atom stereocenters. The Morgan fingerprint density at radius 3 is 2.56 bits per heavy atom. The first-order valence-corrected chi connectivity index (χ1v) is 10.7. The van der Waals surface area contributed by atoms with Crippen LogP contribution in [0.25, 0.3) is 11.4 Å². The van der Waals surface area contributed by atoms with Crippen molar-refractivity contribution in [2.45, 2.75) is 38.9 Å². The Bertz CT molecular complexity index is 1160. The Morgan fingerprint density at radius 2 is 1.91 bits per heavy atom. The zero-order chi connectivity index (χ0) is 24.7. The molecule has 0 aliphatic rings. The highest BCUT2D eigenvalue weighted by Gasteiger charge is 2.30. The average Bonchev–Trinajstić information content (AvgIpc) is 3.19. The summed E-state index contributed by atoms with van der Waals surface area (Å²) in [5.41, 5.74) is 0.752. The topological polar surface area (TPSA) is 88.1 Å². The number of imidazole rings is 1. The molecule has 34 heavy (non-hydrogen) atoms. The van der Waals surface area contributed by atoms with Crippen molar-refractivity contribution in [2.24, 2.45) is 5.92 Å². The van der Waals surface area contributed by atoms with E-state index in [9.17, 15) is 23.2 Å². The summed E-state index contributed by atoms with van der Waals surface area (Å²) in [5, 5.41) is 18.4. The largest absolute Gasteiger partial charge is 0.493 e. The number of carbonyl (C=O) groups is 1. The van der Waals surface area contributed by atoms with E-state index >= 15 is 0 Å². The van der Waals surface area contributed by atoms with Crippen LogP contribution in [0.5, 0.6) is 5.75 Å². The first-order valence-electron chi connectivity index (χ1n) is 10.7. The molecule has 1 atom stereocenters. The third-order valence-electron chi connectivity index (χ3n) is 5.36. The van der Waals surface area contributed by atoms with E-state index in [4.69, 9.17) is 9.84 Å². The Labute approximate surface area is 195 Å². The Hall–Kier alpha value is -3.80. The van der Waals surface area contributed by atoms with Gasteiger partial charge in [-0.15, -0.1) is 0 Å². The minimum absolute atomic E-state index is 0.0479. The van der Waals surface area contributed by atoms with Gasteiger partial charge in [-0.25, -0.2) is 4.98 Å². The lowest BCUT2D eigenvalue weighted by Gasteiger charge is -2.15. The van der Waals surface area contributed by atoms with Crippen LogP contribution in [0.3, 0.4) is 0 Å². The van der Waals surface area contributed by atoms with Gasteiger partial charge in [0.2, 0.25) is 0 Å². The van der Waals surface area contributed by atoms with Gasteiger partial charge in [-0.3, -0.25) is 4.79 Å². The number of carboxylic acids is 1. The molecule has 9 heteroatoms. The van der Waals surface area contributed by atoms with Gasteiger partial charge in [-0.05, 0) is 37.0 Å². The van der Waals surface area contributed by atoms with E-state index in [0.29, 0.717) is 36.6 Å². The number of carboxylic acid groups (broad SMARTS) is 1. The third kappa shape index (κ3) is 6.38. The van der Waals surface area contributed by atoms with Crippen molar-refractivity contribution in [3.63, 3.8) is 0 Å². The zero-order valence-corrected chi connectivity index (χ0v) is 18.5. The van der Waals surface area contributed by atoms with Crippen LogP contribution in [0, 0.1) is 17.2 Å². The number of hydrogen-bond acceptors (Lipinski definition) is 4. The van der Waals surface area contributed by atoms with E-state index in [2.05, 4.69) is 11.1 Å². The maximum Gasteiger partial charge on any atom is 0.416 e. The molecule has 0 aliphatic heterocycles. The zero-order valence-electron chi connectivity index (χ0n) is 18.5. The van der Waals surface area contributed by atoms with E-state index in [1.807, 2.05) is 25.1 Å². The van der Waals surface area contributed by atoms with Crippen LogP contribution >= 0.6 is 0 Å². The second kappa shape index (κ2) is 10.9. The van der Waals surface area contributed by atoms with Gasteiger partial charge in [-0.2, -0.15) is 18.4 Å². The number of aliphatic carboxylic acids is 1. The fourth-order valence-electron chi connectivity index (χ4n) is 3.62. The predicted octanol–water partition coefficient (Wildman–Crippen LogP) is 5.76. The van der Waals surface area contributed by atoms with E-state index in [0.717, 1.165) is 17.7 Å². The lowest BCUT2D eigenvalue weighted by Crippen LogP contribution is -2.09. The number of hydrogen-bond donors (Lipinski definition) is 1. The van der Waals surface area contributed by atoms with Gasteiger partial charge in [0.15, 0.2) is 0 Å². The van der Waals surface area contributed by atoms with E-state index in [-0.39, 0.29) is 24.6 Å². The summed E-state index contributed by atoms with van der Waals surface area (Å²) >= 11 is 0. The van der Waals surface area contributed by atoms with Crippen LogP contribution in [0.4, 0.5) is 13.2 Å². The number of halogens is 3. The molecule has 0 saturated heterocycles. The molecule has 0 amide bonds. The van der Waals surface area contributed by atoms with Gasteiger partial charge in [0.1, 0.15) is 23.3 Å². The third-order valence-corrected chi connectivity index (χ3v) is 5.36. The normalized spacial score (nSPS) is 12.2. The molecule has 0 fully saturated rings. The first-order chi connectivity index (χ1) is 16.2. The molecule has 1 N–H and O–H groups in total. The maximum absolute atomic E-state index is 12.9. The summed E-state index contributed by atoms with van der Waals surface area (Å²) in [6.45, 7) is 2.53. The Morgan fingerprint density at radius 1 is 1.21 bits per heavy atom. The fraction of sp³-hybridized carbons (Fsp3) is 0.320. The number of benzene rings is 2. The summed E-state index contributed by atoms with van der Waals surface area (Å²) in [6, 6.07) is 14.0. The smallest absolute Gasteiger partial charge is 0.416 e. The molecule has 3 aromatic rings. The molecule has 0 bridgehead atoms. The van der Waals surface area contributed by atoms with Gasteiger partial charge in [0, 0.05) is 17.5 Å². The second-order valence-corrected chi connectivity index (χ2v) is 8.04. The van der Waals surface area contributed by atoms with E-state index in [1.165, 1.54) is 18.3 Å². The highest BCUT2D eigenvalue weighted by molar-refractivity contribution is 5.66. The van der Waals surface area contributed by atoms with Gasteiger partial charge < -0.3 is 14.4 Å². The number of aromatic nitrogens is 2. The van der Waals surface area contributed by atoms with Crippen molar-refractivity contribution in [2.75, 3.05) is 6.61 Å². The van der Waals surface area contributed by atoms with Gasteiger partial charge in [0.25, 0.3) is 0 Å². The second-order valence-electron chi connectivity index (χ2n) is 8.04. The number of nitriles is 1. The summed E-state index contributed by atoms with van der Waals surface area (Å²) in [7, 11) is 0. The van der Waals surface area contributed by atoms with Crippen molar-refractivity contribution in [3.8, 4) is 23.2 Å². The molecule has 1 aromatic heterocycles. The molecule has 6 nitrogen and oxygen atoms in total. The van der Waals surface area contributed by atoms with Crippen molar-refractivity contribution in [3.05, 3.63) is 71.5 Å². The van der Waals surface area contributed by atoms with Crippen LogP contribution in [0.2, 0.25) is 0 Å². The SMILES string of the molecule is C[C@H](CCCOc1ccccc1Cn1c(C#N)cnc1-c1ccc(C(F)(F)F)cc1)CC(=O)O. The number of nitrogens with zero attached hydrogens (tertiary/aromatic N) is 3. The van der Waals surface area contributed by atoms with E-state index < -0.39 is 17.7 Å². The number of alkyl halides is 3. The molecule has 2 aromatic carbocycles. The molecule has 1 heterocycles. The molecule has 3 rings (SSSR count). The van der Waals surface area contributed by atoms with Crippen LogP contribution in [0.1, 0.15) is 43.0 Å². The minimum Gasteiger partial charge on any atom is -0.493 e. The van der Waals surface area contributed by atoms with Gasteiger partial charge in [-0.1, -0.05) is 37.3 Å². The molecular formula is C25H24F3N3O3. The van der Waals surface area contributed by atoms with Crippen molar-refractivity contribution >= 4 is 5.97 Å². The average molecular weight is 471 g/mol. The van der Waals surface area contributed by atoms with Crippen LogP contribution < -0.4 is 4.74 Å². The molecule has 178 valence electrons. The molecule has 0 spiro atoms. The van der Waals surface area contributed by atoms with Crippen molar-refractivity contribution in [1.82, 2.24) is 9.55 Å². The quantitative estimate of drug-likeness (QED) is 0.380. The lowest BCUT2D eigenvalue weighted by atomic mass is 10.0. The standard InChI is InChI=1S/C25H24F3N3O3/c1-17(13-23(32)33)5-4-12-34-22-7-3-2-6-19(22)16-31-21(14-29)15-30-24(31)18-8-10-20(11-9-18)25(26,27)28/h2-3,6-11,15,17H,4-5,12-13,16H2,1H3,(H,32,33)/t17-/m1/s1. The van der Waals surface area contributed by atoms with E-state index in [1.54, 1.807) is 10.6 Å². The minimum atomic E-state index is -4.44. The first kappa shape index (κ1) is 24.8. The van der Waals surface area contributed by atoms with Gasteiger partial charge in [0.05, 0.1) is 24.9 Å². The summed E-state index contributed by atoms with van der Waals surface area (Å²) in [4.78, 5) is 15.1. The summed E-state index contributed by atoms with van der Waals surface area (Å²) < 4.78 is 46.3.